The van der Waals surface area contributed by atoms with Gasteiger partial charge in [-0.25, -0.2) is 0 Å². The summed E-state index contributed by atoms with van der Waals surface area (Å²) in [5.41, 5.74) is 1.06. The average molecular weight is 315 g/mol. The Morgan fingerprint density at radius 2 is 1.67 bits per heavy atom. The maximum Gasteiger partial charge on any atom is 0.500 e. The molecule has 0 fully saturated rings. The Morgan fingerprint density at radius 3 is 2.19 bits per heavy atom. The second-order valence-electron chi connectivity index (χ2n) is 4.81. The van der Waals surface area contributed by atoms with Crippen molar-refractivity contribution in [1.82, 2.24) is 15.0 Å². The minimum absolute atomic E-state index is 0.621. The summed E-state index contributed by atoms with van der Waals surface area (Å²) in [5, 5.41) is 8.31. The van der Waals surface area contributed by atoms with Gasteiger partial charge in [0.2, 0.25) is 0 Å². The summed E-state index contributed by atoms with van der Waals surface area (Å²) in [7, 11) is -2.52. The van der Waals surface area contributed by atoms with Gasteiger partial charge in [0.15, 0.2) is 0 Å². The topological polar surface area (TPSA) is 58.4 Å². The SMILES string of the molecule is CCCc1cn(CCC[Si](OCC)(OCC)OCC)nn1. The van der Waals surface area contributed by atoms with Gasteiger partial charge in [-0.15, -0.1) is 5.10 Å². The summed E-state index contributed by atoms with van der Waals surface area (Å²) >= 11 is 0. The van der Waals surface area contributed by atoms with Crippen molar-refractivity contribution in [2.45, 2.75) is 59.5 Å². The summed E-state index contributed by atoms with van der Waals surface area (Å²) in [6.45, 7) is 10.8. The van der Waals surface area contributed by atoms with E-state index in [0.29, 0.717) is 19.8 Å². The van der Waals surface area contributed by atoms with Crippen LogP contribution >= 0.6 is 0 Å². The maximum absolute atomic E-state index is 5.84. The Balaban J connectivity index is 2.50. The van der Waals surface area contributed by atoms with Crippen molar-refractivity contribution in [1.29, 1.82) is 0 Å². The first kappa shape index (κ1) is 18.3. The van der Waals surface area contributed by atoms with Crippen LogP contribution in [-0.2, 0) is 26.2 Å². The Labute approximate surface area is 129 Å². The predicted molar refractivity (Wildman–Crippen MR) is 84.1 cm³/mol. The fourth-order valence-corrected chi connectivity index (χ4v) is 4.87. The molecule has 0 saturated heterocycles. The van der Waals surface area contributed by atoms with Crippen LogP contribution in [0.2, 0.25) is 6.04 Å². The van der Waals surface area contributed by atoms with E-state index in [1.807, 2.05) is 31.6 Å². The highest BCUT2D eigenvalue weighted by molar-refractivity contribution is 6.60. The van der Waals surface area contributed by atoms with E-state index >= 15 is 0 Å². The van der Waals surface area contributed by atoms with Crippen LogP contribution in [0, 0.1) is 0 Å². The van der Waals surface area contributed by atoms with Gasteiger partial charge in [0.05, 0.1) is 5.69 Å². The summed E-state index contributed by atoms with van der Waals surface area (Å²) in [5.74, 6) is 0. The Kier molecular flexibility index (Phi) is 8.75. The molecule has 0 bridgehead atoms. The van der Waals surface area contributed by atoms with E-state index in [2.05, 4.69) is 17.2 Å². The van der Waals surface area contributed by atoms with Crippen LogP contribution in [0.1, 0.15) is 46.2 Å². The van der Waals surface area contributed by atoms with Crippen molar-refractivity contribution in [2.75, 3.05) is 19.8 Å². The van der Waals surface area contributed by atoms with Gasteiger partial charge in [-0.1, -0.05) is 18.6 Å². The van der Waals surface area contributed by atoms with Gasteiger partial charge in [-0.2, -0.15) is 0 Å². The molecule has 7 heteroatoms. The van der Waals surface area contributed by atoms with Crippen LogP contribution in [-0.4, -0.2) is 43.6 Å². The van der Waals surface area contributed by atoms with Crippen LogP contribution in [0.4, 0.5) is 0 Å². The highest BCUT2D eigenvalue weighted by Crippen LogP contribution is 2.18. The Bertz CT molecular complexity index is 370. The van der Waals surface area contributed by atoms with Gasteiger partial charge in [-0.3, -0.25) is 4.68 Å². The van der Waals surface area contributed by atoms with Crippen LogP contribution in [0.25, 0.3) is 0 Å². The molecule has 0 atom stereocenters. The summed E-state index contributed by atoms with van der Waals surface area (Å²) in [6.07, 6.45) is 5.01. The zero-order valence-corrected chi connectivity index (χ0v) is 14.8. The van der Waals surface area contributed by atoms with E-state index in [9.17, 15) is 0 Å². The molecule has 6 nitrogen and oxygen atoms in total. The van der Waals surface area contributed by atoms with Gasteiger partial charge in [0, 0.05) is 38.6 Å². The van der Waals surface area contributed by atoms with Crippen LogP contribution < -0.4 is 0 Å². The molecule has 1 heterocycles. The Morgan fingerprint density at radius 1 is 1.05 bits per heavy atom. The molecular weight excluding hydrogens is 286 g/mol. The van der Waals surface area contributed by atoms with Crippen molar-refractivity contribution in [3.63, 3.8) is 0 Å². The minimum atomic E-state index is -2.52. The fourth-order valence-electron chi connectivity index (χ4n) is 2.28. The molecule has 0 unspecified atom stereocenters. The van der Waals surface area contributed by atoms with Crippen molar-refractivity contribution in [3.05, 3.63) is 11.9 Å². The molecule has 0 saturated carbocycles. The van der Waals surface area contributed by atoms with Crippen LogP contribution in [0.15, 0.2) is 6.20 Å². The van der Waals surface area contributed by atoms with E-state index in [1.54, 1.807) is 0 Å². The van der Waals surface area contributed by atoms with E-state index in [4.69, 9.17) is 13.3 Å². The zero-order chi connectivity index (χ0) is 15.6. The third-order valence-electron chi connectivity index (χ3n) is 3.06. The minimum Gasteiger partial charge on any atom is -0.374 e. The quantitative estimate of drug-likeness (QED) is 0.555. The molecular formula is C14H29N3O3Si. The molecule has 1 rings (SSSR count). The number of rotatable bonds is 12. The molecule has 0 amide bonds. The van der Waals surface area contributed by atoms with E-state index in [0.717, 1.165) is 37.5 Å². The number of nitrogens with zero attached hydrogens (tertiary/aromatic N) is 3. The molecule has 0 aliphatic heterocycles. The lowest BCUT2D eigenvalue weighted by molar-refractivity contribution is 0.0704. The summed E-state index contributed by atoms with van der Waals surface area (Å²) in [4.78, 5) is 0. The monoisotopic (exact) mass is 315 g/mol. The van der Waals surface area contributed by atoms with E-state index < -0.39 is 8.80 Å². The average Bonchev–Trinajstić information content (AvgIpc) is 2.88. The first-order chi connectivity index (χ1) is 10.2. The largest absolute Gasteiger partial charge is 0.500 e. The van der Waals surface area contributed by atoms with Gasteiger partial charge in [0.1, 0.15) is 0 Å². The van der Waals surface area contributed by atoms with E-state index in [1.165, 1.54) is 0 Å². The van der Waals surface area contributed by atoms with Gasteiger partial charge >= 0.3 is 8.80 Å². The normalized spacial score (nSPS) is 12.0. The van der Waals surface area contributed by atoms with Crippen molar-refractivity contribution < 1.29 is 13.3 Å². The number of hydrogen-bond donors (Lipinski definition) is 0. The molecule has 0 radical (unpaired) electrons. The van der Waals surface area contributed by atoms with Gasteiger partial charge in [-0.05, 0) is 33.6 Å². The summed E-state index contributed by atoms with van der Waals surface area (Å²) < 4.78 is 19.4. The molecule has 21 heavy (non-hydrogen) atoms. The molecule has 0 aliphatic rings. The van der Waals surface area contributed by atoms with Crippen molar-refractivity contribution >= 4 is 8.80 Å². The molecule has 1 aromatic heterocycles. The molecule has 0 N–H and O–H groups in total. The molecule has 122 valence electrons. The number of aromatic nitrogens is 3. The molecule has 0 aliphatic carbocycles. The second-order valence-corrected chi connectivity index (χ2v) is 7.54. The highest BCUT2D eigenvalue weighted by Gasteiger charge is 2.39. The van der Waals surface area contributed by atoms with Gasteiger partial charge < -0.3 is 13.3 Å². The third-order valence-corrected chi connectivity index (χ3v) is 6.21. The fraction of sp³-hybridized carbons (Fsp3) is 0.857. The molecule has 0 spiro atoms. The molecule has 0 aromatic carbocycles. The lowest BCUT2D eigenvalue weighted by Crippen LogP contribution is -2.46. The lowest BCUT2D eigenvalue weighted by Gasteiger charge is -2.28. The smallest absolute Gasteiger partial charge is 0.374 e. The van der Waals surface area contributed by atoms with Crippen LogP contribution in [0.3, 0.4) is 0 Å². The van der Waals surface area contributed by atoms with Gasteiger partial charge in [0.25, 0.3) is 0 Å². The zero-order valence-electron chi connectivity index (χ0n) is 13.8. The summed E-state index contributed by atoms with van der Waals surface area (Å²) in [6, 6.07) is 0.811. The van der Waals surface area contributed by atoms with Crippen molar-refractivity contribution in [2.24, 2.45) is 0 Å². The third kappa shape index (κ3) is 6.25. The second kappa shape index (κ2) is 10.0. The number of hydrogen-bond acceptors (Lipinski definition) is 5. The van der Waals surface area contributed by atoms with Crippen molar-refractivity contribution in [3.8, 4) is 0 Å². The predicted octanol–water partition coefficient (Wildman–Crippen LogP) is 2.67. The number of aryl methyl sites for hydroxylation is 2. The maximum atomic E-state index is 5.84. The molecule has 1 aromatic rings. The standard InChI is InChI=1S/C14H29N3O3Si/c1-5-10-14-13-17(16-15-14)11-9-12-21(18-6-2,19-7-3)20-8-4/h13H,5-12H2,1-4H3. The lowest BCUT2D eigenvalue weighted by atomic mass is 10.3. The first-order valence-corrected chi connectivity index (χ1v) is 9.93. The first-order valence-electron chi connectivity index (χ1n) is 8.00. The van der Waals surface area contributed by atoms with Crippen LogP contribution in [0.5, 0.6) is 0 Å². The highest BCUT2D eigenvalue weighted by atomic mass is 28.4. The van der Waals surface area contributed by atoms with E-state index in [-0.39, 0.29) is 0 Å². The Hall–Kier alpha value is -0.763.